The van der Waals surface area contributed by atoms with Gasteiger partial charge in [-0.15, -0.1) is 0 Å². The number of amides is 2. The number of aromatic nitrogens is 1. The molecule has 23 heavy (non-hydrogen) atoms. The lowest BCUT2D eigenvalue weighted by Gasteiger charge is -2.23. The van der Waals surface area contributed by atoms with Gasteiger partial charge in [0.15, 0.2) is 0 Å². The van der Waals surface area contributed by atoms with Gasteiger partial charge < -0.3 is 19.6 Å². The summed E-state index contributed by atoms with van der Waals surface area (Å²) in [4.78, 5) is 16.3. The Morgan fingerprint density at radius 1 is 1.35 bits per heavy atom. The third-order valence-electron chi connectivity index (χ3n) is 4.02. The summed E-state index contributed by atoms with van der Waals surface area (Å²) in [5.41, 5.74) is 2.68. The molecule has 0 radical (unpaired) electrons. The summed E-state index contributed by atoms with van der Waals surface area (Å²) in [6, 6.07) is 9.63. The third-order valence-corrected chi connectivity index (χ3v) is 4.02. The van der Waals surface area contributed by atoms with E-state index in [0.717, 1.165) is 35.9 Å². The minimum Gasteiger partial charge on any atom is -0.370 e. The monoisotopic (exact) mass is 314 g/mol. The summed E-state index contributed by atoms with van der Waals surface area (Å²) in [7, 11) is 1.75. The smallest absolute Gasteiger partial charge is 0.322 e. The maximum absolute atomic E-state index is 12.4. The minimum absolute atomic E-state index is 0.155. The third kappa shape index (κ3) is 3.64. The summed E-state index contributed by atoms with van der Waals surface area (Å²) in [6.45, 7) is 4.33. The van der Waals surface area contributed by atoms with Crippen LogP contribution in [-0.2, 0) is 6.54 Å². The molecule has 2 amide bonds. The van der Waals surface area contributed by atoms with Gasteiger partial charge in [0.05, 0.1) is 17.9 Å². The first-order chi connectivity index (χ1) is 11.1. The lowest BCUT2D eigenvalue weighted by molar-refractivity contribution is 0.219. The lowest BCUT2D eigenvalue weighted by Crippen LogP contribution is -2.31. The lowest BCUT2D eigenvalue weighted by atomic mass is 10.2. The molecule has 0 spiro atoms. The Balaban J connectivity index is 1.67. The number of nitrogens with zero attached hydrogens (tertiary/aromatic N) is 3. The SMILES string of the molecule is Cc1cc(CN(C)C(=O)Nc2ccccc2N2CCCC2)no1. The van der Waals surface area contributed by atoms with Crippen LogP contribution in [0.2, 0.25) is 0 Å². The zero-order valence-corrected chi connectivity index (χ0v) is 13.6. The molecule has 1 N–H and O–H groups in total. The van der Waals surface area contributed by atoms with E-state index >= 15 is 0 Å². The van der Waals surface area contributed by atoms with Crippen molar-refractivity contribution in [3.05, 3.63) is 41.8 Å². The molecule has 6 nitrogen and oxygen atoms in total. The highest BCUT2D eigenvalue weighted by atomic mass is 16.5. The predicted molar refractivity (Wildman–Crippen MR) is 89.6 cm³/mol. The van der Waals surface area contributed by atoms with E-state index in [1.165, 1.54) is 12.8 Å². The second-order valence-corrected chi connectivity index (χ2v) is 5.93. The zero-order chi connectivity index (χ0) is 16.2. The van der Waals surface area contributed by atoms with Gasteiger partial charge in [0, 0.05) is 26.2 Å². The molecule has 2 aromatic rings. The maximum Gasteiger partial charge on any atom is 0.322 e. The fourth-order valence-electron chi connectivity index (χ4n) is 2.83. The Morgan fingerprint density at radius 2 is 2.09 bits per heavy atom. The van der Waals surface area contributed by atoms with Crippen molar-refractivity contribution < 1.29 is 9.32 Å². The summed E-state index contributed by atoms with van der Waals surface area (Å²) < 4.78 is 5.03. The molecule has 1 aromatic heterocycles. The van der Waals surface area contributed by atoms with Crippen molar-refractivity contribution in [2.24, 2.45) is 0 Å². The van der Waals surface area contributed by atoms with Crippen LogP contribution in [0.1, 0.15) is 24.3 Å². The van der Waals surface area contributed by atoms with Gasteiger partial charge in [0.25, 0.3) is 0 Å². The zero-order valence-electron chi connectivity index (χ0n) is 13.6. The van der Waals surface area contributed by atoms with Gasteiger partial charge in [-0.2, -0.15) is 0 Å². The Morgan fingerprint density at radius 3 is 2.78 bits per heavy atom. The number of hydrogen-bond acceptors (Lipinski definition) is 4. The fourth-order valence-corrected chi connectivity index (χ4v) is 2.83. The average Bonchev–Trinajstić information content (AvgIpc) is 3.19. The molecule has 1 saturated heterocycles. The molecule has 0 unspecified atom stereocenters. The summed E-state index contributed by atoms with van der Waals surface area (Å²) >= 11 is 0. The van der Waals surface area contributed by atoms with Crippen molar-refractivity contribution in [1.82, 2.24) is 10.1 Å². The molecule has 0 aliphatic carbocycles. The summed E-state index contributed by atoms with van der Waals surface area (Å²) in [6.07, 6.45) is 2.40. The van der Waals surface area contributed by atoms with Gasteiger partial charge in [-0.1, -0.05) is 17.3 Å². The van der Waals surface area contributed by atoms with Crippen LogP contribution in [0.3, 0.4) is 0 Å². The number of para-hydroxylation sites is 2. The molecule has 6 heteroatoms. The van der Waals surface area contributed by atoms with Gasteiger partial charge in [-0.3, -0.25) is 0 Å². The highest BCUT2D eigenvalue weighted by Gasteiger charge is 2.18. The Kier molecular flexibility index (Phi) is 4.50. The molecular weight excluding hydrogens is 292 g/mol. The highest BCUT2D eigenvalue weighted by molar-refractivity contribution is 5.93. The first kappa shape index (κ1) is 15.4. The van der Waals surface area contributed by atoms with E-state index in [1.807, 2.05) is 31.2 Å². The molecule has 1 fully saturated rings. The number of anilines is 2. The molecule has 0 saturated carbocycles. The van der Waals surface area contributed by atoms with Crippen molar-refractivity contribution >= 4 is 17.4 Å². The van der Waals surface area contributed by atoms with Crippen LogP contribution < -0.4 is 10.2 Å². The Bertz CT molecular complexity index is 677. The average molecular weight is 314 g/mol. The minimum atomic E-state index is -0.155. The highest BCUT2D eigenvalue weighted by Crippen LogP contribution is 2.28. The first-order valence-corrected chi connectivity index (χ1v) is 7.92. The maximum atomic E-state index is 12.4. The van der Waals surface area contributed by atoms with E-state index in [9.17, 15) is 4.79 Å². The van der Waals surface area contributed by atoms with Crippen LogP contribution in [-0.4, -0.2) is 36.2 Å². The number of rotatable bonds is 4. The van der Waals surface area contributed by atoms with Crippen LogP contribution in [0, 0.1) is 6.92 Å². The molecule has 0 bridgehead atoms. The topological polar surface area (TPSA) is 61.6 Å². The largest absolute Gasteiger partial charge is 0.370 e. The molecule has 1 aliphatic heterocycles. The molecular formula is C17H22N4O2. The number of nitrogens with one attached hydrogen (secondary N) is 1. The van der Waals surface area contributed by atoms with Crippen molar-refractivity contribution in [3.8, 4) is 0 Å². The molecule has 122 valence electrons. The van der Waals surface area contributed by atoms with Crippen molar-refractivity contribution in [2.45, 2.75) is 26.3 Å². The summed E-state index contributed by atoms with van der Waals surface area (Å²) in [5.74, 6) is 0.744. The van der Waals surface area contributed by atoms with Gasteiger partial charge >= 0.3 is 6.03 Å². The Hall–Kier alpha value is -2.50. The molecule has 2 heterocycles. The number of urea groups is 1. The molecule has 1 aromatic carbocycles. The van der Waals surface area contributed by atoms with Gasteiger partial charge in [-0.05, 0) is 31.9 Å². The van der Waals surface area contributed by atoms with Crippen molar-refractivity contribution in [3.63, 3.8) is 0 Å². The van der Waals surface area contributed by atoms with E-state index in [1.54, 1.807) is 11.9 Å². The number of carbonyl (C=O) groups excluding carboxylic acids is 1. The van der Waals surface area contributed by atoms with E-state index in [4.69, 9.17) is 4.52 Å². The second-order valence-electron chi connectivity index (χ2n) is 5.93. The Labute approximate surface area is 136 Å². The van der Waals surface area contributed by atoms with Crippen LogP contribution in [0.4, 0.5) is 16.2 Å². The number of benzene rings is 1. The van der Waals surface area contributed by atoms with E-state index in [-0.39, 0.29) is 6.03 Å². The van der Waals surface area contributed by atoms with Crippen LogP contribution >= 0.6 is 0 Å². The number of hydrogen-bond donors (Lipinski definition) is 1. The van der Waals surface area contributed by atoms with Gasteiger partial charge in [0.1, 0.15) is 11.5 Å². The number of carbonyl (C=O) groups is 1. The van der Waals surface area contributed by atoms with Crippen LogP contribution in [0.5, 0.6) is 0 Å². The number of aryl methyl sites for hydroxylation is 1. The second kappa shape index (κ2) is 6.73. The molecule has 0 atom stereocenters. The summed E-state index contributed by atoms with van der Waals surface area (Å²) in [5, 5.41) is 6.92. The molecule has 3 rings (SSSR count). The first-order valence-electron chi connectivity index (χ1n) is 7.92. The normalized spacial score (nSPS) is 14.1. The van der Waals surface area contributed by atoms with Crippen LogP contribution in [0.15, 0.2) is 34.9 Å². The van der Waals surface area contributed by atoms with Gasteiger partial charge in [-0.25, -0.2) is 4.79 Å². The quantitative estimate of drug-likeness (QED) is 0.941. The van der Waals surface area contributed by atoms with Crippen molar-refractivity contribution in [2.75, 3.05) is 30.4 Å². The van der Waals surface area contributed by atoms with E-state index < -0.39 is 0 Å². The molecule has 1 aliphatic rings. The van der Waals surface area contributed by atoms with E-state index in [0.29, 0.717) is 6.54 Å². The predicted octanol–water partition coefficient (Wildman–Crippen LogP) is 3.25. The standard InChI is InChI=1S/C17H22N4O2/c1-13-11-14(19-23-13)12-20(2)17(22)18-15-7-3-4-8-16(15)21-9-5-6-10-21/h3-4,7-8,11H,5-6,9-10,12H2,1-2H3,(H,18,22). The van der Waals surface area contributed by atoms with Gasteiger partial charge in [0.2, 0.25) is 0 Å². The van der Waals surface area contributed by atoms with Crippen LogP contribution in [0.25, 0.3) is 0 Å². The fraction of sp³-hybridized carbons (Fsp3) is 0.412. The van der Waals surface area contributed by atoms with Crippen molar-refractivity contribution in [1.29, 1.82) is 0 Å². The van der Waals surface area contributed by atoms with E-state index in [2.05, 4.69) is 21.4 Å².